The standard InChI is InChI=1S/C22H21O3P/c1-15-9-14-21(17(3)16(15)2)22(23)18-10-12-20(13-11-18)25-26-24-19-7-5-4-6-8-19/h4-14,26H,1-3H3. The van der Waals surface area contributed by atoms with Crippen molar-refractivity contribution in [1.29, 1.82) is 0 Å². The fourth-order valence-corrected chi connectivity index (χ4v) is 3.14. The summed E-state index contributed by atoms with van der Waals surface area (Å²) in [7, 11) is -0.139. The number of ketones is 1. The lowest BCUT2D eigenvalue weighted by Gasteiger charge is -2.11. The van der Waals surface area contributed by atoms with Crippen molar-refractivity contribution in [2.45, 2.75) is 20.8 Å². The Morgan fingerprint density at radius 3 is 2.00 bits per heavy atom. The number of aryl methyl sites for hydroxylation is 1. The first kappa shape index (κ1) is 18.2. The van der Waals surface area contributed by atoms with Crippen LogP contribution < -0.4 is 9.05 Å². The molecule has 1 unspecified atom stereocenters. The zero-order valence-electron chi connectivity index (χ0n) is 15.1. The minimum atomic E-state index is -0.139. The number of para-hydroxylation sites is 1. The van der Waals surface area contributed by atoms with Gasteiger partial charge in [0.1, 0.15) is 11.5 Å². The van der Waals surface area contributed by atoms with Gasteiger partial charge in [-0.05, 0) is 73.9 Å². The maximum atomic E-state index is 12.8. The molecule has 0 aliphatic carbocycles. The van der Waals surface area contributed by atoms with E-state index < -0.39 is 0 Å². The van der Waals surface area contributed by atoms with E-state index in [1.807, 2.05) is 56.3 Å². The van der Waals surface area contributed by atoms with E-state index in [-0.39, 0.29) is 14.8 Å². The minimum absolute atomic E-state index is 0.0279. The first-order valence-corrected chi connectivity index (χ1v) is 9.23. The first-order chi connectivity index (χ1) is 12.6. The Labute approximate surface area is 155 Å². The summed E-state index contributed by atoms with van der Waals surface area (Å²) < 4.78 is 11.1. The molecule has 0 bridgehead atoms. The number of benzene rings is 3. The molecule has 3 nitrogen and oxygen atoms in total. The fraction of sp³-hybridized carbons (Fsp3) is 0.136. The normalized spacial score (nSPS) is 10.9. The topological polar surface area (TPSA) is 35.5 Å². The van der Waals surface area contributed by atoms with Crippen LogP contribution in [0.15, 0.2) is 66.7 Å². The van der Waals surface area contributed by atoms with E-state index in [2.05, 4.69) is 6.92 Å². The average molecular weight is 364 g/mol. The van der Waals surface area contributed by atoms with E-state index in [9.17, 15) is 4.79 Å². The summed E-state index contributed by atoms with van der Waals surface area (Å²) in [5.74, 6) is 1.47. The van der Waals surface area contributed by atoms with Crippen LogP contribution in [0.3, 0.4) is 0 Å². The highest BCUT2D eigenvalue weighted by atomic mass is 31.1. The quantitative estimate of drug-likeness (QED) is 0.409. The molecule has 0 aliphatic heterocycles. The third kappa shape index (κ3) is 4.12. The van der Waals surface area contributed by atoms with E-state index in [1.165, 1.54) is 5.56 Å². The minimum Gasteiger partial charge on any atom is -0.441 e. The number of rotatable bonds is 6. The molecule has 0 saturated carbocycles. The monoisotopic (exact) mass is 364 g/mol. The van der Waals surface area contributed by atoms with Crippen molar-refractivity contribution in [3.63, 3.8) is 0 Å². The highest BCUT2D eigenvalue weighted by Crippen LogP contribution is 2.26. The highest BCUT2D eigenvalue weighted by molar-refractivity contribution is 7.27. The molecule has 1 atom stereocenters. The lowest BCUT2D eigenvalue weighted by Crippen LogP contribution is -2.05. The Kier molecular flexibility index (Phi) is 5.70. The van der Waals surface area contributed by atoms with Crippen molar-refractivity contribution in [2.24, 2.45) is 0 Å². The second-order valence-corrected chi connectivity index (χ2v) is 6.71. The van der Waals surface area contributed by atoms with Crippen molar-refractivity contribution in [3.05, 3.63) is 94.5 Å². The van der Waals surface area contributed by atoms with Gasteiger partial charge in [0.15, 0.2) is 5.78 Å². The molecule has 3 rings (SSSR count). The van der Waals surface area contributed by atoms with Gasteiger partial charge < -0.3 is 9.05 Å². The van der Waals surface area contributed by atoms with Gasteiger partial charge in [0, 0.05) is 11.1 Å². The zero-order chi connectivity index (χ0) is 18.5. The zero-order valence-corrected chi connectivity index (χ0v) is 16.1. The third-order valence-corrected chi connectivity index (χ3v) is 5.12. The Morgan fingerprint density at radius 2 is 1.35 bits per heavy atom. The summed E-state index contributed by atoms with van der Waals surface area (Å²) in [6.07, 6.45) is 0. The summed E-state index contributed by atoms with van der Waals surface area (Å²) in [4.78, 5) is 12.8. The van der Waals surface area contributed by atoms with Crippen molar-refractivity contribution >= 4 is 14.8 Å². The number of hydrogen-bond donors (Lipinski definition) is 0. The van der Waals surface area contributed by atoms with Crippen LogP contribution >= 0.6 is 9.03 Å². The molecule has 0 aliphatic rings. The predicted octanol–water partition coefficient (Wildman–Crippen LogP) is 5.81. The van der Waals surface area contributed by atoms with Gasteiger partial charge in [0.2, 0.25) is 0 Å². The Balaban J connectivity index is 1.66. The van der Waals surface area contributed by atoms with Crippen LogP contribution in [0, 0.1) is 20.8 Å². The van der Waals surface area contributed by atoms with Crippen LogP contribution in [0.25, 0.3) is 0 Å². The SMILES string of the molecule is Cc1ccc(C(=O)c2ccc(OPOc3ccccc3)cc2)c(C)c1C. The van der Waals surface area contributed by atoms with Crippen LogP contribution in [0.5, 0.6) is 11.5 Å². The van der Waals surface area contributed by atoms with Gasteiger partial charge in [-0.25, -0.2) is 0 Å². The highest BCUT2D eigenvalue weighted by Gasteiger charge is 2.14. The van der Waals surface area contributed by atoms with Gasteiger partial charge in [-0.15, -0.1) is 0 Å². The van der Waals surface area contributed by atoms with Crippen LogP contribution in [0.1, 0.15) is 32.6 Å². The first-order valence-electron chi connectivity index (χ1n) is 8.41. The number of carbonyl (C=O) groups is 1. The average Bonchev–Trinajstić information content (AvgIpc) is 2.67. The van der Waals surface area contributed by atoms with Crippen LogP contribution in [0.2, 0.25) is 0 Å². The van der Waals surface area contributed by atoms with Gasteiger partial charge >= 0.3 is 0 Å². The molecule has 0 heterocycles. The largest absolute Gasteiger partial charge is 0.441 e. The van der Waals surface area contributed by atoms with E-state index in [0.29, 0.717) is 11.3 Å². The number of carbonyl (C=O) groups excluding carboxylic acids is 1. The maximum absolute atomic E-state index is 12.8. The maximum Gasteiger partial charge on any atom is 0.275 e. The van der Waals surface area contributed by atoms with Crippen molar-refractivity contribution in [3.8, 4) is 11.5 Å². The van der Waals surface area contributed by atoms with Crippen molar-refractivity contribution in [1.82, 2.24) is 0 Å². The summed E-state index contributed by atoms with van der Waals surface area (Å²) >= 11 is 0. The summed E-state index contributed by atoms with van der Waals surface area (Å²) in [5, 5.41) is 0. The van der Waals surface area contributed by atoms with E-state index in [4.69, 9.17) is 9.05 Å². The molecule has 0 N–H and O–H groups in total. The molecule has 3 aromatic rings. The van der Waals surface area contributed by atoms with Crippen molar-refractivity contribution in [2.75, 3.05) is 0 Å². The molecule has 0 saturated heterocycles. The number of hydrogen-bond acceptors (Lipinski definition) is 3. The Morgan fingerprint density at radius 1 is 0.731 bits per heavy atom. The molecule has 3 aromatic carbocycles. The summed E-state index contributed by atoms with van der Waals surface area (Å²) in [6.45, 7) is 6.10. The van der Waals surface area contributed by atoms with E-state index >= 15 is 0 Å². The molecule has 0 fully saturated rings. The summed E-state index contributed by atoms with van der Waals surface area (Å²) in [5.41, 5.74) is 4.79. The van der Waals surface area contributed by atoms with Crippen LogP contribution in [0.4, 0.5) is 0 Å². The van der Waals surface area contributed by atoms with Gasteiger partial charge in [-0.2, -0.15) is 0 Å². The Hall–Kier alpha value is -2.64. The van der Waals surface area contributed by atoms with Crippen LogP contribution in [-0.2, 0) is 0 Å². The molecule has 0 aromatic heterocycles. The van der Waals surface area contributed by atoms with E-state index in [1.54, 1.807) is 24.3 Å². The van der Waals surface area contributed by atoms with E-state index in [0.717, 1.165) is 22.4 Å². The molecule has 132 valence electrons. The van der Waals surface area contributed by atoms with Gasteiger partial charge in [0.05, 0.1) is 0 Å². The molecule has 0 amide bonds. The lowest BCUT2D eigenvalue weighted by atomic mass is 9.93. The van der Waals surface area contributed by atoms with Gasteiger partial charge in [-0.1, -0.05) is 30.3 Å². The van der Waals surface area contributed by atoms with Gasteiger partial charge in [0.25, 0.3) is 9.03 Å². The molecular weight excluding hydrogens is 343 g/mol. The lowest BCUT2D eigenvalue weighted by molar-refractivity contribution is 0.103. The fourth-order valence-electron chi connectivity index (χ4n) is 2.64. The molecular formula is C22H21O3P. The molecule has 4 heteroatoms. The summed E-state index contributed by atoms with van der Waals surface area (Å²) in [6, 6.07) is 20.6. The second kappa shape index (κ2) is 8.16. The molecule has 26 heavy (non-hydrogen) atoms. The third-order valence-electron chi connectivity index (χ3n) is 4.48. The van der Waals surface area contributed by atoms with Crippen LogP contribution in [-0.4, -0.2) is 5.78 Å². The molecule has 0 radical (unpaired) electrons. The van der Waals surface area contributed by atoms with Gasteiger partial charge in [-0.3, -0.25) is 4.79 Å². The second-order valence-electron chi connectivity index (χ2n) is 6.13. The van der Waals surface area contributed by atoms with Crippen molar-refractivity contribution < 1.29 is 13.8 Å². The molecule has 0 spiro atoms. The smallest absolute Gasteiger partial charge is 0.275 e. The Bertz CT molecular complexity index is 903. The predicted molar refractivity (Wildman–Crippen MR) is 107 cm³/mol.